The van der Waals surface area contributed by atoms with E-state index in [1.165, 1.54) is 6.92 Å². The Balaban J connectivity index is 2.35. The molecule has 90 valence electrons. The number of aromatic nitrogens is 1. The first-order valence-electron chi connectivity index (χ1n) is 5.38. The number of hydrogen-bond donors (Lipinski definition) is 2. The van der Waals surface area contributed by atoms with Gasteiger partial charge in [0.05, 0.1) is 0 Å². The maximum Gasteiger partial charge on any atom is 0.319 e. The van der Waals surface area contributed by atoms with Crippen LogP contribution in [-0.2, 0) is 17.6 Å². The molecule has 5 heteroatoms. The van der Waals surface area contributed by atoms with Crippen molar-refractivity contribution in [2.24, 2.45) is 0 Å². The summed E-state index contributed by atoms with van der Waals surface area (Å²) in [5, 5.41) is 9.11. The van der Waals surface area contributed by atoms with Gasteiger partial charge in [0, 0.05) is 12.6 Å². The molecule has 0 aromatic carbocycles. The number of carbonyl (C=O) groups excluding carboxylic acids is 1. The summed E-state index contributed by atoms with van der Waals surface area (Å²) in [5.41, 5.74) is 2.13. The lowest BCUT2D eigenvalue weighted by atomic mass is 9.85. The standard InChI is InChI=1S/C12H13NO3S/c1-7(14)9-3-2-8-6-12(17,11(15)16)5-4-10(8)13-9/h2-3,17H,4-6H2,1H3,(H,15,16). The molecule has 0 spiro atoms. The number of thiol groups is 1. The molecule has 17 heavy (non-hydrogen) atoms. The Morgan fingerprint density at radius 3 is 2.76 bits per heavy atom. The van der Waals surface area contributed by atoms with Crippen molar-refractivity contribution in [1.82, 2.24) is 4.98 Å². The fourth-order valence-electron chi connectivity index (χ4n) is 2.01. The van der Waals surface area contributed by atoms with Gasteiger partial charge in [-0.25, -0.2) is 4.98 Å². The summed E-state index contributed by atoms with van der Waals surface area (Å²) < 4.78 is -1.01. The molecule has 1 aromatic rings. The van der Waals surface area contributed by atoms with Gasteiger partial charge in [-0.15, -0.1) is 0 Å². The summed E-state index contributed by atoms with van der Waals surface area (Å²) in [4.78, 5) is 26.6. The molecule has 4 nitrogen and oxygen atoms in total. The first-order valence-corrected chi connectivity index (χ1v) is 5.82. The molecule has 1 atom stereocenters. The van der Waals surface area contributed by atoms with Crippen LogP contribution in [0, 0.1) is 0 Å². The van der Waals surface area contributed by atoms with E-state index < -0.39 is 10.7 Å². The van der Waals surface area contributed by atoms with E-state index in [1.54, 1.807) is 12.1 Å². The van der Waals surface area contributed by atoms with Crippen LogP contribution >= 0.6 is 12.6 Å². The van der Waals surface area contributed by atoms with Gasteiger partial charge in [-0.05, 0) is 30.9 Å². The first kappa shape index (κ1) is 12.1. The topological polar surface area (TPSA) is 67.3 Å². The van der Waals surface area contributed by atoms with Gasteiger partial charge in [-0.2, -0.15) is 12.6 Å². The average molecular weight is 251 g/mol. The molecule has 0 saturated heterocycles. The third-order valence-electron chi connectivity index (χ3n) is 3.09. The van der Waals surface area contributed by atoms with Crippen LogP contribution in [0.15, 0.2) is 12.1 Å². The second-order valence-corrected chi connectivity index (χ2v) is 5.23. The van der Waals surface area contributed by atoms with Crippen molar-refractivity contribution < 1.29 is 14.7 Å². The van der Waals surface area contributed by atoms with E-state index in [1.807, 2.05) is 0 Å². The van der Waals surface area contributed by atoms with Crippen LogP contribution < -0.4 is 0 Å². The van der Waals surface area contributed by atoms with Crippen LogP contribution in [0.3, 0.4) is 0 Å². The molecule has 0 bridgehead atoms. The van der Waals surface area contributed by atoms with Crippen molar-refractivity contribution in [2.45, 2.75) is 30.9 Å². The number of hydrogen-bond acceptors (Lipinski definition) is 4. The molecule has 0 aliphatic heterocycles. The van der Waals surface area contributed by atoms with Gasteiger partial charge in [-0.3, -0.25) is 9.59 Å². The Bertz CT molecular complexity index is 501. The maximum absolute atomic E-state index is 11.2. The quantitative estimate of drug-likeness (QED) is 0.618. The molecule has 1 aliphatic rings. The molecule has 0 fully saturated rings. The van der Waals surface area contributed by atoms with Crippen molar-refractivity contribution in [3.8, 4) is 0 Å². The number of pyridine rings is 1. The average Bonchev–Trinajstić information content (AvgIpc) is 2.28. The SMILES string of the molecule is CC(=O)c1ccc2c(n1)CCC(S)(C(=O)O)C2. The van der Waals surface area contributed by atoms with Crippen molar-refractivity contribution in [2.75, 3.05) is 0 Å². The predicted octanol–water partition coefficient (Wildman–Crippen LogP) is 1.53. The molecule has 1 heterocycles. The van der Waals surface area contributed by atoms with Gasteiger partial charge < -0.3 is 5.11 Å². The van der Waals surface area contributed by atoms with Crippen LogP contribution in [0.25, 0.3) is 0 Å². The lowest BCUT2D eigenvalue weighted by molar-refractivity contribution is -0.140. The highest BCUT2D eigenvalue weighted by atomic mass is 32.1. The van der Waals surface area contributed by atoms with E-state index in [-0.39, 0.29) is 5.78 Å². The molecular formula is C12H13NO3S. The van der Waals surface area contributed by atoms with Gasteiger partial charge in [0.15, 0.2) is 5.78 Å². The van der Waals surface area contributed by atoms with Gasteiger partial charge in [-0.1, -0.05) is 6.07 Å². The van der Waals surface area contributed by atoms with Crippen LogP contribution in [-0.4, -0.2) is 26.6 Å². The summed E-state index contributed by atoms with van der Waals surface area (Å²) in [7, 11) is 0. The number of ketones is 1. The van der Waals surface area contributed by atoms with E-state index in [4.69, 9.17) is 5.11 Å². The molecule has 0 radical (unpaired) electrons. The first-order chi connectivity index (χ1) is 7.92. The number of carbonyl (C=O) groups is 2. The van der Waals surface area contributed by atoms with E-state index in [0.717, 1.165) is 11.3 Å². The Morgan fingerprint density at radius 1 is 1.47 bits per heavy atom. The molecular weight excluding hydrogens is 238 g/mol. The highest BCUT2D eigenvalue weighted by Crippen LogP contribution is 2.33. The second kappa shape index (κ2) is 4.14. The smallest absolute Gasteiger partial charge is 0.319 e. The molecule has 2 rings (SSSR count). The number of Topliss-reactive ketones (excluding diaryl/α,β-unsaturated/α-hetero) is 1. The van der Waals surface area contributed by atoms with Crippen LogP contribution in [0.1, 0.15) is 35.1 Å². The van der Waals surface area contributed by atoms with E-state index in [2.05, 4.69) is 17.6 Å². The van der Waals surface area contributed by atoms with Crippen molar-refractivity contribution in [3.63, 3.8) is 0 Å². The van der Waals surface area contributed by atoms with E-state index >= 15 is 0 Å². The zero-order chi connectivity index (χ0) is 12.6. The highest BCUT2D eigenvalue weighted by Gasteiger charge is 2.38. The zero-order valence-electron chi connectivity index (χ0n) is 9.43. The minimum absolute atomic E-state index is 0.0752. The maximum atomic E-state index is 11.2. The minimum Gasteiger partial charge on any atom is -0.480 e. The Kier molecular flexibility index (Phi) is 2.95. The Labute approximate surface area is 104 Å². The van der Waals surface area contributed by atoms with Crippen molar-refractivity contribution in [3.05, 3.63) is 29.1 Å². The zero-order valence-corrected chi connectivity index (χ0v) is 10.3. The van der Waals surface area contributed by atoms with Gasteiger partial charge in [0.25, 0.3) is 0 Å². The molecule has 1 N–H and O–H groups in total. The summed E-state index contributed by atoms with van der Waals surface area (Å²) in [6, 6.07) is 3.43. The molecule has 0 amide bonds. The molecule has 0 saturated carbocycles. The number of fused-ring (bicyclic) bond motifs is 1. The van der Waals surface area contributed by atoms with Gasteiger partial charge in [0.2, 0.25) is 0 Å². The highest BCUT2D eigenvalue weighted by molar-refractivity contribution is 7.82. The summed E-state index contributed by atoms with van der Waals surface area (Å²) in [5.74, 6) is -0.976. The second-order valence-electron chi connectivity index (χ2n) is 4.37. The lowest BCUT2D eigenvalue weighted by Crippen LogP contribution is -2.39. The van der Waals surface area contributed by atoms with E-state index in [9.17, 15) is 9.59 Å². The third kappa shape index (κ3) is 2.20. The number of nitrogens with zero attached hydrogens (tertiary/aromatic N) is 1. The fraction of sp³-hybridized carbons (Fsp3) is 0.417. The van der Waals surface area contributed by atoms with Crippen LogP contribution in [0.5, 0.6) is 0 Å². The number of rotatable bonds is 2. The number of carboxylic acid groups (broad SMARTS) is 1. The third-order valence-corrected chi connectivity index (χ3v) is 3.66. The molecule has 1 aliphatic carbocycles. The van der Waals surface area contributed by atoms with E-state index in [0.29, 0.717) is 25.0 Å². The summed E-state index contributed by atoms with van der Waals surface area (Å²) >= 11 is 4.24. The normalized spacial score (nSPS) is 22.9. The monoisotopic (exact) mass is 251 g/mol. The predicted molar refractivity (Wildman–Crippen MR) is 65.6 cm³/mol. The fourth-order valence-corrected chi connectivity index (χ4v) is 2.30. The molecule has 1 aromatic heterocycles. The number of aryl methyl sites for hydroxylation is 1. The van der Waals surface area contributed by atoms with Crippen LogP contribution in [0.4, 0.5) is 0 Å². The van der Waals surface area contributed by atoms with Crippen molar-refractivity contribution in [1.29, 1.82) is 0 Å². The minimum atomic E-state index is -1.01. The Morgan fingerprint density at radius 2 is 2.18 bits per heavy atom. The number of carboxylic acids is 1. The van der Waals surface area contributed by atoms with Crippen LogP contribution in [0.2, 0.25) is 0 Å². The Hall–Kier alpha value is -1.36. The number of aliphatic carboxylic acids is 1. The molecule has 1 unspecified atom stereocenters. The van der Waals surface area contributed by atoms with Gasteiger partial charge in [0.1, 0.15) is 10.4 Å². The summed E-state index contributed by atoms with van der Waals surface area (Å²) in [6.07, 6.45) is 1.34. The summed E-state index contributed by atoms with van der Waals surface area (Å²) in [6.45, 7) is 1.47. The largest absolute Gasteiger partial charge is 0.480 e. The lowest BCUT2D eigenvalue weighted by Gasteiger charge is -2.29. The van der Waals surface area contributed by atoms with Crippen molar-refractivity contribution >= 4 is 24.4 Å². The van der Waals surface area contributed by atoms with Gasteiger partial charge >= 0.3 is 5.97 Å².